The average molecular weight is 274 g/mol. The smallest absolute Gasteiger partial charge is 0.135 e. The monoisotopic (exact) mass is 274 g/mol. The molecule has 1 heterocycles. The Kier molecular flexibility index (Phi) is 4.20. The highest BCUT2D eigenvalue weighted by molar-refractivity contribution is 5.49. The molecule has 110 valence electrons. The van der Waals surface area contributed by atoms with Crippen LogP contribution in [0.2, 0.25) is 0 Å². The van der Waals surface area contributed by atoms with Crippen molar-refractivity contribution in [3.05, 3.63) is 17.6 Å². The molecule has 2 aliphatic rings. The number of nitrogens with zero attached hydrogens (tertiary/aromatic N) is 3. The zero-order valence-electron chi connectivity index (χ0n) is 12.5. The molecule has 1 fully saturated rings. The second kappa shape index (κ2) is 6.08. The van der Waals surface area contributed by atoms with E-state index in [1.807, 2.05) is 0 Å². The van der Waals surface area contributed by atoms with Crippen molar-refractivity contribution in [2.24, 2.45) is 5.73 Å². The summed E-state index contributed by atoms with van der Waals surface area (Å²) in [6.45, 7) is 0. The first-order chi connectivity index (χ1) is 9.77. The quantitative estimate of drug-likeness (QED) is 0.842. The Labute approximate surface area is 121 Å². The van der Waals surface area contributed by atoms with Gasteiger partial charge in [0.2, 0.25) is 0 Å². The van der Waals surface area contributed by atoms with Gasteiger partial charge in [0.15, 0.2) is 0 Å². The number of rotatable bonds is 2. The molecular formula is C16H26N4. The van der Waals surface area contributed by atoms with Crippen LogP contribution in [0.15, 0.2) is 6.33 Å². The van der Waals surface area contributed by atoms with Gasteiger partial charge in [0.1, 0.15) is 12.1 Å². The van der Waals surface area contributed by atoms with E-state index in [9.17, 15) is 0 Å². The van der Waals surface area contributed by atoms with E-state index in [4.69, 9.17) is 5.73 Å². The van der Waals surface area contributed by atoms with Crippen LogP contribution in [0.4, 0.5) is 5.82 Å². The van der Waals surface area contributed by atoms with E-state index < -0.39 is 0 Å². The minimum absolute atomic E-state index is 0.283. The van der Waals surface area contributed by atoms with Crippen molar-refractivity contribution < 1.29 is 0 Å². The number of fused-ring (bicyclic) bond motifs is 1. The maximum atomic E-state index is 6.34. The fourth-order valence-electron chi connectivity index (χ4n) is 3.76. The Morgan fingerprint density at radius 3 is 2.70 bits per heavy atom. The highest BCUT2D eigenvalue weighted by Gasteiger charge is 2.28. The fraction of sp³-hybridized carbons (Fsp3) is 0.750. The van der Waals surface area contributed by atoms with Gasteiger partial charge in [-0.1, -0.05) is 19.3 Å². The molecule has 0 spiro atoms. The molecule has 0 aromatic carbocycles. The van der Waals surface area contributed by atoms with Crippen LogP contribution in [-0.2, 0) is 12.8 Å². The van der Waals surface area contributed by atoms with Crippen molar-refractivity contribution in [3.8, 4) is 0 Å². The maximum absolute atomic E-state index is 6.34. The van der Waals surface area contributed by atoms with E-state index in [-0.39, 0.29) is 6.04 Å². The van der Waals surface area contributed by atoms with E-state index >= 15 is 0 Å². The lowest BCUT2D eigenvalue weighted by molar-refractivity contribution is 0.372. The normalized spacial score (nSPS) is 26.7. The van der Waals surface area contributed by atoms with Crippen LogP contribution in [0, 0.1) is 0 Å². The summed E-state index contributed by atoms with van der Waals surface area (Å²) in [4.78, 5) is 11.5. The predicted molar refractivity (Wildman–Crippen MR) is 81.9 cm³/mol. The van der Waals surface area contributed by atoms with Gasteiger partial charge in [-0.15, -0.1) is 0 Å². The molecule has 2 aliphatic carbocycles. The lowest BCUT2D eigenvalue weighted by Gasteiger charge is -2.37. The molecule has 4 nitrogen and oxygen atoms in total. The van der Waals surface area contributed by atoms with Gasteiger partial charge >= 0.3 is 0 Å². The first-order valence-electron chi connectivity index (χ1n) is 8.08. The molecule has 0 aliphatic heterocycles. The topological polar surface area (TPSA) is 55.0 Å². The first kappa shape index (κ1) is 13.8. The molecule has 3 rings (SSSR count). The van der Waals surface area contributed by atoms with Crippen molar-refractivity contribution in [2.75, 3.05) is 11.9 Å². The second-order valence-electron chi connectivity index (χ2n) is 6.31. The van der Waals surface area contributed by atoms with Crippen LogP contribution < -0.4 is 10.6 Å². The highest BCUT2D eigenvalue weighted by atomic mass is 15.2. The van der Waals surface area contributed by atoms with E-state index in [0.717, 1.165) is 25.1 Å². The van der Waals surface area contributed by atoms with Gasteiger partial charge in [-0.3, -0.25) is 0 Å². The molecule has 0 saturated heterocycles. The Hall–Kier alpha value is -1.16. The van der Waals surface area contributed by atoms with Crippen molar-refractivity contribution in [1.82, 2.24) is 9.97 Å². The van der Waals surface area contributed by atoms with Crippen LogP contribution in [0.5, 0.6) is 0 Å². The van der Waals surface area contributed by atoms with Gasteiger partial charge < -0.3 is 10.6 Å². The van der Waals surface area contributed by atoms with Crippen molar-refractivity contribution >= 4 is 5.82 Å². The summed E-state index contributed by atoms with van der Waals surface area (Å²) in [5.74, 6) is 1.14. The molecular weight excluding hydrogens is 248 g/mol. The van der Waals surface area contributed by atoms with Gasteiger partial charge in [-0.05, 0) is 38.5 Å². The number of anilines is 1. The van der Waals surface area contributed by atoms with Gasteiger partial charge in [-0.25, -0.2) is 9.97 Å². The molecule has 1 aromatic rings. The average Bonchev–Trinajstić information content (AvgIpc) is 2.72. The van der Waals surface area contributed by atoms with Crippen molar-refractivity contribution in [1.29, 1.82) is 0 Å². The van der Waals surface area contributed by atoms with E-state index in [0.29, 0.717) is 6.04 Å². The molecule has 1 saturated carbocycles. The lowest BCUT2D eigenvalue weighted by Crippen LogP contribution is -2.48. The summed E-state index contributed by atoms with van der Waals surface area (Å²) in [6, 6.07) is 0.719. The molecule has 4 heteroatoms. The number of aromatic nitrogens is 2. The summed E-state index contributed by atoms with van der Waals surface area (Å²) in [5.41, 5.74) is 8.99. The SMILES string of the molecule is CN(c1ncnc2c1CCCCC2)C1CCCCC1N. The predicted octanol–water partition coefficient (Wildman–Crippen LogP) is 2.45. The van der Waals surface area contributed by atoms with Crippen LogP contribution in [0.25, 0.3) is 0 Å². The molecule has 20 heavy (non-hydrogen) atoms. The van der Waals surface area contributed by atoms with E-state index in [1.165, 1.54) is 49.8 Å². The molecule has 0 bridgehead atoms. The molecule has 2 N–H and O–H groups in total. The zero-order chi connectivity index (χ0) is 13.9. The minimum Gasteiger partial charge on any atom is -0.355 e. The number of hydrogen-bond acceptors (Lipinski definition) is 4. The van der Waals surface area contributed by atoms with E-state index in [2.05, 4.69) is 21.9 Å². The second-order valence-corrected chi connectivity index (χ2v) is 6.31. The van der Waals surface area contributed by atoms with Crippen LogP contribution >= 0.6 is 0 Å². The van der Waals surface area contributed by atoms with Gasteiger partial charge in [-0.2, -0.15) is 0 Å². The first-order valence-corrected chi connectivity index (χ1v) is 8.08. The molecule has 1 aromatic heterocycles. The molecule has 2 unspecified atom stereocenters. The summed E-state index contributed by atoms with van der Waals surface area (Å²) in [7, 11) is 2.17. The van der Waals surface area contributed by atoms with Crippen molar-refractivity contribution in [2.45, 2.75) is 69.9 Å². The Morgan fingerprint density at radius 2 is 1.85 bits per heavy atom. The van der Waals surface area contributed by atoms with Gasteiger partial charge in [0, 0.05) is 30.4 Å². The third-order valence-corrected chi connectivity index (χ3v) is 4.97. The summed E-state index contributed by atoms with van der Waals surface area (Å²) in [6.07, 6.45) is 12.7. The van der Waals surface area contributed by atoms with Gasteiger partial charge in [0.05, 0.1) is 0 Å². The summed E-state index contributed by atoms with van der Waals surface area (Å²) in [5, 5.41) is 0. The number of likely N-dealkylation sites (N-methyl/N-ethyl adjacent to an activating group) is 1. The van der Waals surface area contributed by atoms with Gasteiger partial charge in [0.25, 0.3) is 0 Å². The summed E-state index contributed by atoms with van der Waals surface area (Å²) >= 11 is 0. The third-order valence-electron chi connectivity index (χ3n) is 4.97. The van der Waals surface area contributed by atoms with Crippen molar-refractivity contribution in [3.63, 3.8) is 0 Å². The van der Waals surface area contributed by atoms with E-state index in [1.54, 1.807) is 6.33 Å². The highest BCUT2D eigenvalue weighted by Crippen LogP contribution is 2.30. The Morgan fingerprint density at radius 1 is 1.05 bits per heavy atom. The minimum atomic E-state index is 0.283. The zero-order valence-corrected chi connectivity index (χ0v) is 12.5. The van der Waals surface area contributed by atoms with Crippen LogP contribution in [0.3, 0.4) is 0 Å². The number of aryl methyl sites for hydroxylation is 1. The largest absolute Gasteiger partial charge is 0.355 e. The number of hydrogen-bond donors (Lipinski definition) is 1. The standard InChI is InChI=1S/C16H26N4/c1-20(15-10-6-5-8-13(15)17)16-12-7-3-2-4-9-14(12)18-11-19-16/h11,13,15H,2-10,17H2,1H3. The summed E-state index contributed by atoms with van der Waals surface area (Å²) < 4.78 is 0. The maximum Gasteiger partial charge on any atom is 0.135 e. The van der Waals surface area contributed by atoms with Crippen LogP contribution in [0.1, 0.15) is 56.2 Å². The fourth-order valence-corrected chi connectivity index (χ4v) is 3.76. The lowest BCUT2D eigenvalue weighted by atomic mass is 9.90. The third kappa shape index (κ3) is 2.66. The Balaban J connectivity index is 1.89. The number of nitrogens with two attached hydrogens (primary N) is 1. The van der Waals surface area contributed by atoms with Crippen LogP contribution in [-0.4, -0.2) is 29.1 Å². The molecule has 0 amide bonds. The Bertz CT molecular complexity index is 460. The molecule has 0 radical (unpaired) electrons. The molecule has 2 atom stereocenters.